The standard InChI is InChI=1S/C24H22N8O2/c1-11-19(12(2)34-31-11)15-9-16-14(10-18(15)33-5)20-22(28-16)26-13(3)27-23(20)29-24-21-17(32(4)30-24)7-6-8-25-21/h6-10H,1-5H3,(H2,26,27,28,29,30). The number of hydrogen-bond donors (Lipinski definition) is 2. The molecule has 0 aliphatic rings. The quantitative estimate of drug-likeness (QED) is 0.392. The third-order valence-corrected chi connectivity index (χ3v) is 6.03. The van der Waals surface area contributed by atoms with E-state index in [0.717, 1.165) is 55.6 Å². The molecule has 6 rings (SSSR count). The molecular weight excluding hydrogens is 432 g/mol. The molecule has 0 aliphatic heterocycles. The fourth-order valence-corrected chi connectivity index (χ4v) is 4.55. The van der Waals surface area contributed by atoms with Crippen LogP contribution in [0, 0.1) is 20.8 Å². The number of pyridine rings is 1. The summed E-state index contributed by atoms with van der Waals surface area (Å²) in [6, 6.07) is 7.91. The number of fused-ring (bicyclic) bond motifs is 4. The Hall–Kier alpha value is -4.47. The van der Waals surface area contributed by atoms with Gasteiger partial charge >= 0.3 is 0 Å². The van der Waals surface area contributed by atoms with Gasteiger partial charge in [0.05, 0.1) is 29.3 Å². The van der Waals surface area contributed by atoms with Crippen molar-refractivity contribution in [2.45, 2.75) is 20.8 Å². The van der Waals surface area contributed by atoms with E-state index in [1.165, 1.54) is 0 Å². The van der Waals surface area contributed by atoms with E-state index in [1.54, 1.807) is 18.0 Å². The molecule has 1 aromatic carbocycles. The molecule has 5 aromatic heterocycles. The molecule has 2 N–H and O–H groups in total. The van der Waals surface area contributed by atoms with Gasteiger partial charge in [-0.25, -0.2) is 9.97 Å². The molecule has 0 atom stereocenters. The summed E-state index contributed by atoms with van der Waals surface area (Å²) in [5.74, 6) is 3.35. The van der Waals surface area contributed by atoms with Crippen LogP contribution in [-0.4, -0.2) is 42.0 Å². The van der Waals surface area contributed by atoms with Crippen molar-refractivity contribution in [2.24, 2.45) is 7.05 Å². The first-order chi connectivity index (χ1) is 16.4. The number of nitrogens with zero attached hydrogens (tertiary/aromatic N) is 6. The van der Waals surface area contributed by atoms with Crippen LogP contribution in [0.2, 0.25) is 0 Å². The van der Waals surface area contributed by atoms with Crippen molar-refractivity contribution < 1.29 is 9.26 Å². The van der Waals surface area contributed by atoms with E-state index >= 15 is 0 Å². The average Bonchev–Trinajstić information content (AvgIpc) is 3.45. The molecule has 6 aromatic rings. The second-order valence-corrected chi connectivity index (χ2v) is 8.23. The predicted molar refractivity (Wildman–Crippen MR) is 129 cm³/mol. The highest BCUT2D eigenvalue weighted by Crippen LogP contribution is 2.41. The normalized spacial score (nSPS) is 11.7. The highest BCUT2D eigenvalue weighted by atomic mass is 16.5. The van der Waals surface area contributed by atoms with E-state index < -0.39 is 0 Å². The van der Waals surface area contributed by atoms with E-state index in [2.05, 4.69) is 30.5 Å². The minimum atomic E-state index is 0.631. The highest BCUT2D eigenvalue weighted by Gasteiger charge is 2.21. The van der Waals surface area contributed by atoms with Crippen molar-refractivity contribution in [3.63, 3.8) is 0 Å². The zero-order valence-electron chi connectivity index (χ0n) is 19.4. The molecule has 10 nitrogen and oxygen atoms in total. The van der Waals surface area contributed by atoms with Crippen LogP contribution in [0.25, 0.3) is 44.1 Å². The van der Waals surface area contributed by atoms with E-state index in [4.69, 9.17) is 14.2 Å². The number of aromatic nitrogens is 7. The first kappa shape index (κ1) is 20.2. The maximum Gasteiger partial charge on any atom is 0.180 e. The number of aryl methyl sites for hydroxylation is 4. The van der Waals surface area contributed by atoms with Crippen molar-refractivity contribution in [1.29, 1.82) is 0 Å². The van der Waals surface area contributed by atoms with E-state index in [1.807, 2.05) is 52.1 Å². The van der Waals surface area contributed by atoms with Crippen LogP contribution < -0.4 is 10.1 Å². The number of benzene rings is 1. The summed E-state index contributed by atoms with van der Waals surface area (Å²) in [7, 11) is 3.55. The summed E-state index contributed by atoms with van der Waals surface area (Å²) in [5, 5.41) is 13.9. The third kappa shape index (κ3) is 2.92. The number of aromatic amines is 1. The second-order valence-electron chi connectivity index (χ2n) is 8.23. The lowest BCUT2D eigenvalue weighted by molar-refractivity contribution is 0.393. The monoisotopic (exact) mass is 454 g/mol. The number of anilines is 2. The lowest BCUT2D eigenvalue weighted by Gasteiger charge is -2.10. The maximum atomic E-state index is 5.78. The fraction of sp³-hybridized carbons (Fsp3) is 0.208. The molecule has 0 saturated heterocycles. The van der Waals surface area contributed by atoms with Crippen molar-refractivity contribution in [1.82, 2.24) is 34.9 Å². The van der Waals surface area contributed by atoms with Crippen LogP contribution in [-0.2, 0) is 7.05 Å². The molecule has 0 unspecified atom stereocenters. The largest absolute Gasteiger partial charge is 0.496 e. The van der Waals surface area contributed by atoms with Crippen LogP contribution >= 0.6 is 0 Å². The third-order valence-electron chi connectivity index (χ3n) is 6.03. The summed E-state index contributed by atoms with van der Waals surface area (Å²) < 4.78 is 13.0. The predicted octanol–water partition coefficient (Wildman–Crippen LogP) is 4.73. The van der Waals surface area contributed by atoms with E-state index in [9.17, 15) is 0 Å². The van der Waals surface area contributed by atoms with Gasteiger partial charge in [-0.05, 0) is 45.0 Å². The van der Waals surface area contributed by atoms with Gasteiger partial charge in [-0.3, -0.25) is 9.67 Å². The maximum absolute atomic E-state index is 5.78. The van der Waals surface area contributed by atoms with Crippen LogP contribution in [0.5, 0.6) is 5.75 Å². The molecule has 0 bridgehead atoms. The first-order valence-corrected chi connectivity index (χ1v) is 10.8. The molecule has 34 heavy (non-hydrogen) atoms. The van der Waals surface area contributed by atoms with Crippen molar-refractivity contribution in [2.75, 3.05) is 12.4 Å². The summed E-state index contributed by atoms with van der Waals surface area (Å²) >= 11 is 0. The Morgan fingerprint density at radius 2 is 1.97 bits per heavy atom. The molecule has 170 valence electrons. The summed E-state index contributed by atoms with van der Waals surface area (Å²) in [6.07, 6.45) is 1.75. The van der Waals surface area contributed by atoms with Crippen molar-refractivity contribution in [3.8, 4) is 16.9 Å². The number of H-pyrrole nitrogens is 1. The van der Waals surface area contributed by atoms with E-state index in [-0.39, 0.29) is 0 Å². The van der Waals surface area contributed by atoms with Gasteiger partial charge in [-0.1, -0.05) is 5.16 Å². The Kier molecular flexibility index (Phi) is 4.31. The van der Waals surface area contributed by atoms with Crippen LogP contribution in [0.1, 0.15) is 17.3 Å². The Morgan fingerprint density at radius 1 is 1.12 bits per heavy atom. The summed E-state index contributed by atoms with van der Waals surface area (Å²) in [5.41, 5.74) is 5.94. The average molecular weight is 454 g/mol. The van der Waals surface area contributed by atoms with Gasteiger partial charge in [-0.2, -0.15) is 5.10 Å². The Morgan fingerprint density at radius 3 is 2.74 bits per heavy atom. The van der Waals surface area contributed by atoms with E-state index in [0.29, 0.717) is 23.2 Å². The second kappa shape index (κ2) is 7.27. The Balaban J connectivity index is 1.59. The van der Waals surface area contributed by atoms with Crippen LogP contribution in [0.3, 0.4) is 0 Å². The minimum absolute atomic E-state index is 0.631. The number of nitrogens with one attached hydrogen (secondary N) is 2. The number of rotatable bonds is 4. The molecule has 0 spiro atoms. The zero-order chi connectivity index (χ0) is 23.6. The molecule has 10 heteroatoms. The van der Waals surface area contributed by atoms with Crippen LogP contribution in [0.15, 0.2) is 35.0 Å². The first-order valence-electron chi connectivity index (χ1n) is 10.8. The lowest BCUT2D eigenvalue weighted by atomic mass is 10.0. The molecule has 0 radical (unpaired) electrons. The van der Waals surface area contributed by atoms with Crippen LogP contribution in [0.4, 0.5) is 11.6 Å². The van der Waals surface area contributed by atoms with Crippen molar-refractivity contribution >= 4 is 44.6 Å². The highest BCUT2D eigenvalue weighted by molar-refractivity contribution is 6.13. The van der Waals surface area contributed by atoms with Gasteiger partial charge in [0.25, 0.3) is 0 Å². The van der Waals surface area contributed by atoms with Gasteiger partial charge in [0, 0.05) is 29.7 Å². The van der Waals surface area contributed by atoms with Gasteiger partial charge in [0.15, 0.2) is 5.82 Å². The Labute approximate surface area is 194 Å². The molecular formula is C24H22N8O2. The SMILES string of the molecule is COc1cc2c(cc1-c1c(C)noc1C)[nH]c1nc(C)nc(Nc3nn(C)c4cccnc34)c12. The zero-order valence-corrected chi connectivity index (χ0v) is 19.4. The number of methoxy groups -OCH3 is 1. The number of hydrogen-bond acceptors (Lipinski definition) is 8. The molecule has 5 heterocycles. The lowest BCUT2D eigenvalue weighted by Crippen LogP contribution is -2.00. The molecule has 0 aliphatic carbocycles. The van der Waals surface area contributed by atoms with Gasteiger partial charge in [-0.15, -0.1) is 0 Å². The Bertz CT molecular complexity index is 1710. The van der Waals surface area contributed by atoms with Gasteiger partial charge < -0.3 is 19.6 Å². The smallest absolute Gasteiger partial charge is 0.180 e. The summed E-state index contributed by atoms with van der Waals surface area (Å²) in [6.45, 7) is 5.68. The van der Waals surface area contributed by atoms with Gasteiger partial charge in [0.2, 0.25) is 0 Å². The van der Waals surface area contributed by atoms with Gasteiger partial charge in [0.1, 0.15) is 34.3 Å². The molecule has 0 amide bonds. The van der Waals surface area contributed by atoms with Crippen molar-refractivity contribution in [3.05, 3.63) is 47.7 Å². The minimum Gasteiger partial charge on any atom is -0.496 e. The fourth-order valence-electron chi connectivity index (χ4n) is 4.55. The molecule has 0 fully saturated rings. The number of ether oxygens (including phenoxy) is 1. The molecule has 0 saturated carbocycles. The summed E-state index contributed by atoms with van der Waals surface area (Å²) in [4.78, 5) is 17.3. The topological polar surface area (TPSA) is 120 Å².